The molecule has 18 heavy (non-hydrogen) atoms. The van der Waals surface area contributed by atoms with Crippen LogP contribution in [0.2, 0.25) is 0 Å². The van der Waals surface area contributed by atoms with E-state index in [-0.39, 0.29) is 13.2 Å². The van der Waals surface area contributed by atoms with Crippen LogP contribution >= 0.6 is 0 Å². The van der Waals surface area contributed by atoms with Gasteiger partial charge in [-0.2, -0.15) is 5.10 Å². The third-order valence-corrected chi connectivity index (χ3v) is 3.50. The smallest absolute Gasteiger partial charge is 0.0641 e. The van der Waals surface area contributed by atoms with Gasteiger partial charge in [0.2, 0.25) is 0 Å². The predicted octanol–water partition coefficient (Wildman–Crippen LogP) is 0.460. The van der Waals surface area contributed by atoms with E-state index in [0.717, 1.165) is 17.9 Å². The molecule has 1 aromatic heterocycles. The molecule has 0 saturated heterocycles. The van der Waals surface area contributed by atoms with E-state index in [1.54, 1.807) is 0 Å². The number of rotatable bonds is 6. The third-order valence-electron chi connectivity index (χ3n) is 3.50. The van der Waals surface area contributed by atoms with Gasteiger partial charge in [-0.3, -0.25) is 4.68 Å². The van der Waals surface area contributed by atoms with Crippen molar-refractivity contribution in [3.8, 4) is 0 Å². The summed E-state index contributed by atoms with van der Waals surface area (Å²) in [5.74, 6) is 0. The maximum absolute atomic E-state index is 9.31. The Morgan fingerprint density at radius 3 is 2.22 bits per heavy atom. The van der Waals surface area contributed by atoms with Gasteiger partial charge in [0.1, 0.15) is 0 Å². The molecule has 0 aromatic carbocycles. The van der Waals surface area contributed by atoms with Gasteiger partial charge in [0.05, 0.1) is 18.9 Å². The fraction of sp³-hybridized carbons (Fsp3) is 0.769. The van der Waals surface area contributed by atoms with E-state index in [0.29, 0.717) is 6.54 Å². The molecule has 104 valence electrons. The lowest BCUT2D eigenvalue weighted by molar-refractivity contribution is 0.0401. The second-order valence-electron chi connectivity index (χ2n) is 5.57. The first kappa shape index (κ1) is 15.1. The van der Waals surface area contributed by atoms with Crippen LogP contribution in [0.5, 0.6) is 0 Å². The number of hydrogen-bond acceptors (Lipinski definition) is 4. The van der Waals surface area contributed by atoms with Gasteiger partial charge in [-0.05, 0) is 20.9 Å². The van der Waals surface area contributed by atoms with Gasteiger partial charge < -0.3 is 15.1 Å². The third kappa shape index (κ3) is 3.31. The van der Waals surface area contributed by atoms with Crippen LogP contribution in [0.3, 0.4) is 0 Å². The van der Waals surface area contributed by atoms with Gasteiger partial charge in [-0.1, -0.05) is 6.92 Å². The normalized spacial score (nSPS) is 12.4. The number of aryl methyl sites for hydroxylation is 2. The number of aliphatic hydroxyl groups excluding tert-OH is 2. The van der Waals surface area contributed by atoms with Crippen molar-refractivity contribution in [2.75, 3.05) is 26.8 Å². The number of aliphatic hydroxyl groups is 2. The van der Waals surface area contributed by atoms with Crippen molar-refractivity contribution < 1.29 is 10.2 Å². The topological polar surface area (TPSA) is 61.5 Å². The fourth-order valence-electron chi connectivity index (χ4n) is 2.17. The van der Waals surface area contributed by atoms with Crippen molar-refractivity contribution in [1.29, 1.82) is 0 Å². The zero-order valence-electron chi connectivity index (χ0n) is 12.1. The van der Waals surface area contributed by atoms with Crippen LogP contribution in [0.1, 0.15) is 23.9 Å². The maximum Gasteiger partial charge on any atom is 0.0641 e. The van der Waals surface area contributed by atoms with Crippen molar-refractivity contribution in [3.63, 3.8) is 0 Å². The van der Waals surface area contributed by atoms with Gasteiger partial charge >= 0.3 is 0 Å². The van der Waals surface area contributed by atoms with Crippen LogP contribution in [0.25, 0.3) is 0 Å². The number of aromatic nitrogens is 2. The molecule has 0 aliphatic rings. The quantitative estimate of drug-likeness (QED) is 0.775. The van der Waals surface area contributed by atoms with Crippen LogP contribution < -0.4 is 0 Å². The van der Waals surface area contributed by atoms with Crippen molar-refractivity contribution in [2.24, 2.45) is 12.5 Å². The molecule has 0 unspecified atom stereocenters. The summed E-state index contributed by atoms with van der Waals surface area (Å²) in [6, 6.07) is 0. The minimum Gasteiger partial charge on any atom is -0.396 e. The van der Waals surface area contributed by atoms with E-state index in [1.165, 1.54) is 5.56 Å². The highest BCUT2D eigenvalue weighted by molar-refractivity contribution is 5.24. The molecule has 0 atom stereocenters. The molecule has 0 amide bonds. The van der Waals surface area contributed by atoms with Gasteiger partial charge in [0, 0.05) is 36.8 Å². The number of hydrogen-bond donors (Lipinski definition) is 2. The Balaban J connectivity index is 2.73. The first-order valence-corrected chi connectivity index (χ1v) is 6.22. The van der Waals surface area contributed by atoms with Crippen molar-refractivity contribution in [3.05, 3.63) is 17.0 Å². The Bertz CT molecular complexity index is 397. The summed E-state index contributed by atoms with van der Waals surface area (Å²) in [5.41, 5.74) is 2.96. The highest BCUT2D eigenvalue weighted by Gasteiger charge is 2.25. The molecular formula is C13H25N3O2. The Hall–Kier alpha value is -0.910. The molecule has 0 radical (unpaired) electrons. The Labute approximate surface area is 109 Å². The molecule has 5 heteroatoms. The first-order chi connectivity index (χ1) is 8.33. The Morgan fingerprint density at radius 1 is 1.28 bits per heavy atom. The molecule has 0 bridgehead atoms. The van der Waals surface area contributed by atoms with Crippen LogP contribution in [0.4, 0.5) is 0 Å². The SMILES string of the molecule is Cc1nn(C)c(C)c1CN(C)CC(C)(CO)CO. The largest absolute Gasteiger partial charge is 0.396 e. The number of nitrogens with zero attached hydrogens (tertiary/aromatic N) is 3. The lowest BCUT2D eigenvalue weighted by Crippen LogP contribution is -2.38. The van der Waals surface area contributed by atoms with E-state index in [1.807, 2.05) is 32.6 Å². The Kier molecular flexibility index (Phi) is 4.90. The first-order valence-electron chi connectivity index (χ1n) is 6.22. The monoisotopic (exact) mass is 255 g/mol. The molecule has 1 rings (SSSR count). The minimum absolute atomic E-state index is 0.0150. The average molecular weight is 255 g/mol. The molecule has 2 N–H and O–H groups in total. The standard InChI is InChI=1S/C13H25N3O2/c1-10-12(11(2)16(5)14-10)6-15(4)7-13(3,8-17)9-18/h17-18H,6-9H2,1-5H3. The van der Waals surface area contributed by atoms with Crippen LogP contribution in [-0.4, -0.2) is 51.7 Å². The molecule has 1 heterocycles. The van der Waals surface area contributed by atoms with Crippen LogP contribution in [-0.2, 0) is 13.6 Å². The predicted molar refractivity (Wildman–Crippen MR) is 71.3 cm³/mol. The Morgan fingerprint density at radius 2 is 1.83 bits per heavy atom. The second kappa shape index (κ2) is 5.82. The summed E-state index contributed by atoms with van der Waals surface area (Å²) in [6.07, 6.45) is 0. The summed E-state index contributed by atoms with van der Waals surface area (Å²) in [7, 11) is 3.94. The zero-order chi connectivity index (χ0) is 13.9. The minimum atomic E-state index is -0.460. The van der Waals surface area contributed by atoms with E-state index in [4.69, 9.17) is 0 Å². The summed E-state index contributed by atoms with van der Waals surface area (Å²) in [4.78, 5) is 2.11. The average Bonchev–Trinajstić information content (AvgIpc) is 2.56. The highest BCUT2D eigenvalue weighted by atomic mass is 16.3. The molecule has 0 aliphatic carbocycles. The van der Waals surface area contributed by atoms with Gasteiger partial charge in [0.15, 0.2) is 0 Å². The van der Waals surface area contributed by atoms with E-state index in [2.05, 4.69) is 16.9 Å². The lowest BCUT2D eigenvalue weighted by Gasteiger charge is -2.30. The van der Waals surface area contributed by atoms with E-state index >= 15 is 0 Å². The van der Waals surface area contributed by atoms with Gasteiger partial charge in [-0.25, -0.2) is 0 Å². The van der Waals surface area contributed by atoms with E-state index < -0.39 is 5.41 Å². The lowest BCUT2D eigenvalue weighted by atomic mass is 9.92. The zero-order valence-corrected chi connectivity index (χ0v) is 12.1. The van der Waals surface area contributed by atoms with Crippen LogP contribution in [0, 0.1) is 19.3 Å². The van der Waals surface area contributed by atoms with Crippen LogP contribution in [0.15, 0.2) is 0 Å². The molecule has 0 fully saturated rings. The maximum atomic E-state index is 9.31. The summed E-state index contributed by atoms with van der Waals surface area (Å²) in [6.45, 7) is 7.34. The van der Waals surface area contributed by atoms with Gasteiger partial charge in [0.25, 0.3) is 0 Å². The molecule has 0 saturated carbocycles. The van der Waals surface area contributed by atoms with Crippen molar-refractivity contribution in [2.45, 2.75) is 27.3 Å². The fourth-order valence-corrected chi connectivity index (χ4v) is 2.17. The molecule has 0 aliphatic heterocycles. The van der Waals surface area contributed by atoms with Gasteiger partial charge in [-0.15, -0.1) is 0 Å². The molecule has 5 nitrogen and oxygen atoms in total. The molecule has 0 spiro atoms. The van der Waals surface area contributed by atoms with E-state index in [9.17, 15) is 10.2 Å². The summed E-state index contributed by atoms with van der Waals surface area (Å²) < 4.78 is 1.88. The summed E-state index contributed by atoms with van der Waals surface area (Å²) >= 11 is 0. The molecule has 1 aromatic rings. The summed E-state index contributed by atoms with van der Waals surface area (Å²) in [5, 5.41) is 23.0. The van der Waals surface area contributed by atoms with Crippen molar-refractivity contribution >= 4 is 0 Å². The second-order valence-corrected chi connectivity index (χ2v) is 5.57. The molecular weight excluding hydrogens is 230 g/mol. The highest BCUT2D eigenvalue weighted by Crippen LogP contribution is 2.19. The van der Waals surface area contributed by atoms with Crippen molar-refractivity contribution in [1.82, 2.24) is 14.7 Å².